The molecule has 1 N–H and O–H groups in total. The maximum atomic E-state index is 12.5. The average Bonchev–Trinajstić information content (AvgIpc) is 2.98. The van der Waals surface area contributed by atoms with Crippen molar-refractivity contribution in [2.24, 2.45) is 0 Å². The van der Waals surface area contributed by atoms with E-state index < -0.39 is 11.7 Å². The third-order valence-electron chi connectivity index (χ3n) is 2.51. The molecule has 0 aliphatic heterocycles. The summed E-state index contributed by atoms with van der Waals surface area (Å²) < 4.78 is 37.6. The minimum Gasteiger partial charge on any atom is -0.310 e. The summed E-state index contributed by atoms with van der Waals surface area (Å²) in [5, 5.41) is 2.91. The van der Waals surface area contributed by atoms with E-state index in [9.17, 15) is 13.2 Å². The van der Waals surface area contributed by atoms with E-state index in [-0.39, 0.29) is 5.02 Å². The molecule has 1 nitrogen and oxygen atoms in total. The number of hydrogen-bond acceptors (Lipinski definition) is 1. The van der Waals surface area contributed by atoms with E-state index in [2.05, 4.69) is 5.32 Å². The van der Waals surface area contributed by atoms with Gasteiger partial charge in [-0.15, -0.1) is 0 Å². The Morgan fingerprint density at radius 3 is 2.56 bits per heavy atom. The first kappa shape index (κ1) is 11.7. The van der Waals surface area contributed by atoms with E-state index in [1.807, 2.05) is 0 Å². The van der Waals surface area contributed by atoms with E-state index in [0.717, 1.165) is 18.9 Å². The standard InChI is InChI=1S/C11H11ClF3N/c12-10-4-1-7(6-16-8-2-3-8)5-9(10)11(13,14)15/h1,4-5,8,16H,2-3,6H2. The summed E-state index contributed by atoms with van der Waals surface area (Å²) in [6.07, 6.45) is -2.16. The van der Waals surface area contributed by atoms with Crippen LogP contribution in [0, 0.1) is 0 Å². The van der Waals surface area contributed by atoms with Crippen molar-refractivity contribution >= 4 is 11.6 Å². The van der Waals surface area contributed by atoms with Crippen LogP contribution in [-0.4, -0.2) is 6.04 Å². The van der Waals surface area contributed by atoms with Crippen molar-refractivity contribution in [2.45, 2.75) is 31.6 Å². The van der Waals surface area contributed by atoms with Crippen LogP contribution in [0.1, 0.15) is 24.0 Å². The van der Waals surface area contributed by atoms with E-state index in [4.69, 9.17) is 11.6 Å². The van der Waals surface area contributed by atoms with Crippen LogP contribution in [0.25, 0.3) is 0 Å². The molecule has 88 valence electrons. The van der Waals surface area contributed by atoms with Crippen molar-refractivity contribution in [3.63, 3.8) is 0 Å². The molecule has 16 heavy (non-hydrogen) atoms. The third-order valence-corrected chi connectivity index (χ3v) is 2.84. The van der Waals surface area contributed by atoms with Crippen LogP contribution >= 0.6 is 11.6 Å². The second-order valence-corrected chi connectivity index (χ2v) is 4.37. The number of benzene rings is 1. The summed E-state index contributed by atoms with van der Waals surface area (Å²) in [7, 11) is 0. The number of rotatable bonds is 3. The molecule has 1 aliphatic rings. The van der Waals surface area contributed by atoms with Gasteiger partial charge in [0.05, 0.1) is 10.6 Å². The molecule has 0 spiro atoms. The van der Waals surface area contributed by atoms with Crippen molar-refractivity contribution in [1.29, 1.82) is 0 Å². The van der Waals surface area contributed by atoms with Gasteiger partial charge < -0.3 is 5.32 Å². The summed E-state index contributed by atoms with van der Waals surface area (Å²) in [5.41, 5.74) is -0.145. The average molecular weight is 250 g/mol. The second kappa shape index (κ2) is 4.26. The summed E-state index contributed by atoms with van der Waals surface area (Å²) in [6.45, 7) is 0.463. The zero-order valence-corrected chi connectivity index (χ0v) is 9.20. The molecule has 0 unspecified atom stereocenters. The smallest absolute Gasteiger partial charge is 0.310 e. The van der Waals surface area contributed by atoms with Crippen LogP contribution in [0.5, 0.6) is 0 Å². The van der Waals surface area contributed by atoms with E-state index in [1.54, 1.807) is 6.07 Å². The lowest BCUT2D eigenvalue weighted by Crippen LogP contribution is -2.16. The molecule has 0 radical (unpaired) electrons. The fourth-order valence-electron chi connectivity index (χ4n) is 1.45. The van der Waals surface area contributed by atoms with Crippen LogP contribution in [0.2, 0.25) is 5.02 Å². The van der Waals surface area contributed by atoms with Crippen LogP contribution in [-0.2, 0) is 12.7 Å². The Labute approximate surface area is 96.6 Å². The molecule has 0 atom stereocenters. The van der Waals surface area contributed by atoms with E-state index >= 15 is 0 Å². The highest BCUT2D eigenvalue weighted by Crippen LogP contribution is 2.35. The SMILES string of the molecule is FC(F)(F)c1cc(CNC2CC2)ccc1Cl. The van der Waals surface area contributed by atoms with Gasteiger partial charge >= 0.3 is 6.18 Å². The lowest BCUT2D eigenvalue weighted by Gasteiger charge is -2.11. The molecule has 0 heterocycles. The van der Waals surface area contributed by atoms with Gasteiger partial charge in [0.1, 0.15) is 0 Å². The van der Waals surface area contributed by atoms with Crippen LogP contribution in [0.3, 0.4) is 0 Å². The zero-order valence-electron chi connectivity index (χ0n) is 8.44. The zero-order chi connectivity index (χ0) is 11.8. The molecule has 0 saturated heterocycles. The van der Waals surface area contributed by atoms with Gasteiger partial charge in [-0.05, 0) is 30.5 Å². The predicted molar refractivity (Wildman–Crippen MR) is 56.3 cm³/mol. The first-order chi connectivity index (χ1) is 7.47. The van der Waals surface area contributed by atoms with Crippen molar-refractivity contribution < 1.29 is 13.2 Å². The second-order valence-electron chi connectivity index (χ2n) is 3.97. The minimum absolute atomic E-state index is 0.248. The fraction of sp³-hybridized carbons (Fsp3) is 0.455. The Hall–Kier alpha value is -0.740. The van der Waals surface area contributed by atoms with Crippen molar-refractivity contribution in [3.8, 4) is 0 Å². The van der Waals surface area contributed by atoms with Crippen molar-refractivity contribution in [2.75, 3.05) is 0 Å². The topological polar surface area (TPSA) is 12.0 Å². The van der Waals surface area contributed by atoms with Gasteiger partial charge in [-0.3, -0.25) is 0 Å². The van der Waals surface area contributed by atoms with Gasteiger partial charge in [0.25, 0.3) is 0 Å². The first-order valence-corrected chi connectivity index (χ1v) is 5.43. The van der Waals surface area contributed by atoms with E-state index in [0.29, 0.717) is 18.2 Å². The van der Waals surface area contributed by atoms with Gasteiger partial charge in [0.2, 0.25) is 0 Å². The van der Waals surface area contributed by atoms with Crippen LogP contribution in [0.15, 0.2) is 18.2 Å². The first-order valence-electron chi connectivity index (χ1n) is 5.06. The van der Waals surface area contributed by atoms with E-state index in [1.165, 1.54) is 6.07 Å². The molecule has 0 aromatic heterocycles. The Morgan fingerprint density at radius 1 is 1.31 bits per heavy atom. The monoisotopic (exact) mass is 249 g/mol. The maximum Gasteiger partial charge on any atom is 0.417 e. The summed E-state index contributed by atoms with van der Waals surface area (Å²) in [6, 6.07) is 4.50. The molecule has 1 aromatic rings. The molecular formula is C11H11ClF3N. The van der Waals surface area contributed by atoms with Gasteiger partial charge in [0, 0.05) is 12.6 Å². The molecule has 1 aromatic carbocycles. The highest BCUT2D eigenvalue weighted by atomic mass is 35.5. The summed E-state index contributed by atoms with van der Waals surface area (Å²) in [4.78, 5) is 0. The van der Waals surface area contributed by atoms with Crippen LogP contribution in [0.4, 0.5) is 13.2 Å². The number of halogens is 4. The van der Waals surface area contributed by atoms with Gasteiger partial charge in [0.15, 0.2) is 0 Å². The normalized spacial score (nSPS) is 16.5. The molecule has 1 fully saturated rings. The Balaban J connectivity index is 2.13. The number of nitrogens with one attached hydrogen (secondary N) is 1. The maximum absolute atomic E-state index is 12.5. The third kappa shape index (κ3) is 2.89. The van der Waals surface area contributed by atoms with Gasteiger partial charge in [-0.1, -0.05) is 17.7 Å². The predicted octanol–water partition coefficient (Wildman–Crippen LogP) is 3.61. The minimum atomic E-state index is -4.38. The Morgan fingerprint density at radius 2 is 2.00 bits per heavy atom. The molecule has 2 rings (SSSR count). The van der Waals surface area contributed by atoms with Crippen molar-refractivity contribution in [3.05, 3.63) is 34.3 Å². The molecule has 1 saturated carbocycles. The lowest BCUT2D eigenvalue weighted by molar-refractivity contribution is -0.137. The number of alkyl halides is 3. The molecule has 0 bridgehead atoms. The van der Waals surface area contributed by atoms with Gasteiger partial charge in [-0.25, -0.2) is 0 Å². The molecule has 0 amide bonds. The fourth-order valence-corrected chi connectivity index (χ4v) is 1.67. The quantitative estimate of drug-likeness (QED) is 0.863. The van der Waals surface area contributed by atoms with Gasteiger partial charge in [-0.2, -0.15) is 13.2 Å². The van der Waals surface area contributed by atoms with Crippen LogP contribution < -0.4 is 5.32 Å². The Kier molecular flexibility index (Phi) is 3.13. The van der Waals surface area contributed by atoms with Crippen molar-refractivity contribution in [1.82, 2.24) is 5.32 Å². The summed E-state index contributed by atoms with van der Waals surface area (Å²) >= 11 is 5.52. The molecule has 1 aliphatic carbocycles. The largest absolute Gasteiger partial charge is 0.417 e. The highest BCUT2D eigenvalue weighted by Gasteiger charge is 2.33. The summed E-state index contributed by atoms with van der Waals surface area (Å²) in [5.74, 6) is 0. The molecular weight excluding hydrogens is 239 g/mol. The number of hydrogen-bond donors (Lipinski definition) is 1. The molecule has 5 heteroatoms. The highest BCUT2D eigenvalue weighted by molar-refractivity contribution is 6.31. The lowest BCUT2D eigenvalue weighted by atomic mass is 10.1. The Bertz CT molecular complexity index is 385.